The SMILES string of the molecule is Cc1ccc(S(=O)(=O)O)cc1.N[C@H](/C=C(\F)S(=O)(=O)c1ccccc1)CCc1ccccc1. The first-order valence-corrected chi connectivity index (χ1v) is 12.9. The fraction of sp³-hybridized carbons (Fsp3) is 0.167. The van der Waals surface area contributed by atoms with Crippen LogP contribution in [0, 0.1) is 6.92 Å². The number of sulfone groups is 1. The van der Waals surface area contributed by atoms with Crippen molar-refractivity contribution in [3.63, 3.8) is 0 Å². The van der Waals surface area contributed by atoms with Crippen LogP contribution in [0.15, 0.2) is 106 Å². The molecule has 0 aliphatic rings. The van der Waals surface area contributed by atoms with Gasteiger partial charge in [0.15, 0.2) is 0 Å². The third-order valence-corrected chi connectivity index (χ3v) is 6.99. The van der Waals surface area contributed by atoms with Gasteiger partial charge in [0.05, 0.1) is 9.79 Å². The van der Waals surface area contributed by atoms with Crippen LogP contribution < -0.4 is 5.73 Å². The topological polar surface area (TPSA) is 115 Å². The van der Waals surface area contributed by atoms with Crippen molar-refractivity contribution in [2.75, 3.05) is 0 Å². The lowest BCUT2D eigenvalue weighted by atomic mass is 10.1. The van der Waals surface area contributed by atoms with E-state index in [-0.39, 0.29) is 9.79 Å². The lowest BCUT2D eigenvalue weighted by molar-refractivity contribution is 0.483. The summed E-state index contributed by atoms with van der Waals surface area (Å²) in [5.74, 6) is 0. The van der Waals surface area contributed by atoms with E-state index in [9.17, 15) is 21.2 Å². The standard InChI is InChI=1S/C17H18FNO2S.C7H8O3S/c18-17(22(20,21)16-9-5-2-6-10-16)13-15(19)12-11-14-7-3-1-4-8-14;1-6-2-4-7(5-3-6)11(8,9)10/h1-10,13,15H,11-12,19H2;2-5H,1H3,(H,8,9,10)/b17-13+;/t15-;/m0./s1. The molecule has 3 aromatic rings. The monoisotopic (exact) mass is 491 g/mol. The Balaban J connectivity index is 0.000000294. The van der Waals surface area contributed by atoms with Gasteiger partial charge in [-0.1, -0.05) is 66.2 Å². The molecule has 0 amide bonds. The molecule has 0 aliphatic carbocycles. The number of rotatable bonds is 7. The van der Waals surface area contributed by atoms with E-state index in [1.807, 2.05) is 37.3 Å². The second-order valence-electron chi connectivity index (χ2n) is 7.26. The number of hydrogen-bond acceptors (Lipinski definition) is 5. The summed E-state index contributed by atoms with van der Waals surface area (Å²) in [4.78, 5) is -0.137. The second kappa shape index (κ2) is 11.9. The minimum atomic E-state index is -4.10. The van der Waals surface area contributed by atoms with Crippen LogP contribution in [0.25, 0.3) is 0 Å². The van der Waals surface area contributed by atoms with Crippen LogP contribution in [0.3, 0.4) is 0 Å². The van der Waals surface area contributed by atoms with Crippen molar-refractivity contribution >= 4 is 20.0 Å². The summed E-state index contributed by atoms with van der Waals surface area (Å²) in [7, 11) is -8.12. The summed E-state index contributed by atoms with van der Waals surface area (Å²) in [6.45, 7) is 1.84. The molecule has 3 rings (SSSR count). The smallest absolute Gasteiger partial charge is 0.294 e. The fourth-order valence-electron chi connectivity index (χ4n) is 2.74. The first-order valence-electron chi connectivity index (χ1n) is 10.0. The molecule has 176 valence electrons. The molecular formula is C24H26FNO5S2. The normalized spacial score (nSPS) is 13.0. The van der Waals surface area contributed by atoms with Crippen molar-refractivity contribution in [2.45, 2.75) is 35.6 Å². The molecule has 0 saturated carbocycles. The van der Waals surface area contributed by atoms with Crippen molar-refractivity contribution < 1.29 is 25.8 Å². The van der Waals surface area contributed by atoms with E-state index >= 15 is 0 Å². The molecule has 9 heteroatoms. The predicted molar refractivity (Wildman–Crippen MR) is 127 cm³/mol. The Morgan fingerprint density at radius 1 is 0.879 bits per heavy atom. The van der Waals surface area contributed by atoms with Crippen LogP contribution in [-0.4, -0.2) is 27.4 Å². The minimum Gasteiger partial charge on any atom is -0.324 e. The third kappa shape index (κ3) is 8.54. The number of aryl methyl sites for hydroxylation is 2. The van der Waals surface area contributed by atoms with Gasteiger partial charge in [0.2, 0.25) is 15.0 Å². The Labute approximate surface area is 194 Å². The van der Waals surface area contributed by atoms with Crippen LogP contribution in [0.2, 0.25) is 0 Å². The molecule has 3 N–H and O–H groups in total. The van der Waals surface area contributed by atoms with E-state index in [4.69, 9.17) is 10.3 Å². The summed E-state index contributed by atoms with van der Waals surface area (Å²) < 4.78 is 67.7. The van der Waals surface area contributed by atoms with Crippen molar-refractivity contribution in [1.29, 1.82) is 0 Å². The van der Waals surface area contributed by atoms with Gasteiger partial charge in [-0.15, -0.1) is 0 Å². The van der Waals surface area contributed by atoms with Crippen LogP contribution >= 0.6 is 0 Å². The van der Waals surface area contributed by atoms with E-state index in [0.29, 0.717) is 12.8 Å². The number of benzene rings is 3. The lowest BCUT2D eigenvalue weighted by Crippen LogP contribution is -2.19. The molecule has 0 spiro atoms. The molecular weight excluding hydrogens is 465 g/mol. The zero-order valence-electron chi connectivity index (χ0n) is 18.0. The van der Waals surface area contributed by atoms with Crippen LogP contribution in [0.5, 0.6) is 0 Å². The summed E-state index contributed by atoms with van der Waals surface area (Å²) in [5, 5.41) is -1.20. The highest BCUT2D eigenvalue weighted by molar-refractivity contribution is 7.95. The van der Waals surface area contributed by atoms with E-state index in [2.05, 4.69) is 0 Å². The molecule has 0 radical (unpaired) electrons. The highest BCUT2D eigenvalue weighted by atomic mass is 32.2. The molecule has 0 heterocycles. The first kappa shape index (κ1) is 26.4. The van der Waals surface area contributed by atoms with Crippen molar-refractivity contribution in [3.8, 4) is 0 Å². The average molecular weight is 492 g/mol. The molecule has 1 atom stereocenters. The zero-order chi connectivity index (χ0) is 24.5. The van der Waals surface area contributed by atoms with E-state index < -0.39 is 31.2 Å². The number of hydrogen-bond donors (Lipinski definition) is 2. The van der Waals surface area contributed by atoms with E-state index in [0.717, 1.165) is 17.2 Å². The zero-order valence-corrected chi connectivity index (χ0v) is 19.6. The van der Waals surface area contributed by atoms with Gasteiger partial charge in [-0.2, -0.15) is 12.8 Å². The third-order valence-electron chi connectivity index (χ3n) is 4.58. The van der Waals surface area contributed by atoms with Crippen LogP contribution in [0.4, 0.5) is 4.39 Å². The Morgan fingerprint density at radius 3 is 1.91 bits per heavy atom. The number of halogens is 1. The van der Waals surface area contributed by atoms with Gasteiger partial charge < -0.3 is 5.73 Å². The highest BCUT2D eigenvalue weighted by Crippen LogP contribution is 2.20. The van der Waals surface area contributed by atoms with Gasteiger partial charge in [-0.3, -0.25) is 4.55 Å². The Kier molecular flexibility index (Phi) is 9.48. The molecule has 0 saturated heterocycles. The second-order valence-corrected chi connectivity index (χ2v) is 10.6. The van der Waals surface area contributed by atoms with Crippen LogP contribution in [0.1, 0.15) is 17.5 Å². The Bertz CT molecular complexity index is 1260. The average Bonchev–Trinajstić information content (AvgIpc) is 2.79. The molecule has 0 aliphatic heterocycles. The lowest BCUT2D eigenvalue weighted by Gasteiger charge is -2.08. The maximum Gasteiger partial charge on any atom is 0.294 e. The van der Waals surface area contributed by atoms with Crippen LogP contribution in [-0.2, 0) is 26.4 Å². The molecule has 0 bridgehead atoms. The maximum absolute atomic E-state index is 14.0. The van der Waals surface area contributed by atoms with Gasteiger partial charge >= 0.3 is 0 Å². The van der Waals surface area contributed by atoms with Gasteiger partial charge in [-0.25, -0.2) is 8.42 Å². The van der Waals surface area contributed by atoms with Gasteiger partial charge in [-0.05, 0) is 55.7 Å². The molecule has 0 aromatic heterocycles. The minimum absolute atomic E-state index is 0.0666. The predicted octanol–water partition coefficient (Wildman–Crippen LogP) is 4.47. The van der Waals surface area contributed by atoms with E-state index in [1.165, 1.54) is 24.3 Å². The highest BCUT2D eigenvalue weighted by Gasteiger charge is 2.21. The molecule has 6 nitrogen and oxygen atoms in total. The van der Waals surface area contributed by atoms with E-state index in [1.54, 1.807) is 30.3 Å². The quantitative estimate of drug-likeness (QED) is 0.471. The van der Waals surface area contributed by atoms with Crippen molar-refractivity contribution in [1.82, 2.24) is 0 Å². The maximum atomic E-state index is 14.0. The summed E-state index contributed by atoms with van der Waals surface area (Å²) in [5.41, 5.74) is 7.85. The molecule has 3 aromatic carbocycles. The molecule has 0 unspecified atom stereocenters. The Hall–Kier alpha value is -2.85. The van der Waals surface area contributed by atoms with Gasteiger partial charge in [0.25, 0.3) is 10.1 Å². The van der Waals surface area contributed by atoms with Gasteiger partial charge in [0.1, 0.15) is 0 Å². The largest absolute Gasteiger partial charge is 0.324 e. The van der Waals surface area contributed by atoms with Gasteiger partial charge in [0, 0.05) is 6.04 Å². The number of nitrogens with two attached hydrogens (primary N) is 1. The molecule has 33 heavy (non-hydrogen) atoms. The fourth-order valence-corrected chi connectivity index (χ4v) is 4.32. The summed E-state index contributed by atoms with van der Waals surface area (Å²) >= 11 is 0. The first-order chi connectivity index (χ1) is 15.5. The summed E-state index contributed by atoms with van der Waals surface area (Å²) in [6.07, 6.45) is 2.12. The molecule has 0 fully saturated rings. The summed E-state index contributed by atoms with van der Waals surface area (Å²) in [6, 6.07) is 22.5. The Morgan fingerprint density at radius 2 is 1.39 bits per heavy atom. The van der Waals surface area contributed by atoms with Crippen molar-refractivity contribution in [2.24, 2.45) is 5.73 Å². The van der Waals surface area contributed by atoms with Crippen molar-refractivity contribution in [3.05, 3.63) is 107 Å².